The molecule has 0 spiro atoms. The lowest BCUT2D eigenvalue weighted by Gasteiger charge is -2.34. The van der Waals surface area contributed by atoms with Crippen LogP contribution in [0.5, 0.6) is 0 Å². The summed E-state index contributed by atoms with van der Waals surface area (Å²) in [7, 11) is 0. The van der Waals surface area contributed by atoms with E-state index in [4.69, 9.17) is 5.73 Å². The number of hydrogen-bond acceptors (Lipinski definition) is 3. The maximum atomic E-state index is 6.19. The van der Waals surface area contributed by atoms with Gasteiger partial charge in [-0.2, -0.15) is 0 Å². The molecule has 3 nitrogen and oxygen atoms in total. The molecule has 108 valence electrons. The number of halogens is 1. The van der Waals surface area contributed by atoms with Crippen LogP contribution in [0.1, 0.15) is 50.1 Å². The SMILES string of the molecule is NC1=NCC(c2ccc(Br)cc2)N1C1CCCCCC1. The molecule has 1 aliphatic heterocycles. The summed E-state index contributed by atoms with van der Waals surface area (Å²) in [5, 5.41) is 0. The molecule has 1 aliphatic carbocycles. The van der Waals surface area contributed by atoms with E-state index < -0.39 is 0 Å². The molecule has 20 heavy (non-hydrogen) atoms. The molecular formula is C16H22BrN3. The second kappa shape index (κ2) is 6.17. The van der Waals surface area contributed by atoms with Crippen molar-refractivity contribution in [2.75, 3.05) is 6.54 Å². The Morgan fingerprint density at radius 2 is 1.70 bits per heavy atom. The zero-order valence-corrected chi connectivity index (χ0v) is 13.3. The van der Waals surface area contributed by atoms with Gasteiger partial charge in [0.2, 0.25) is 0 Å². The summed E-state index contributed by atoms with van der Waals surface area (Å²) >= 11 is 3.50. The summed E-state index contributed by atoms with van der Waals surface area (Å²) < 4.78 is 1.12. The van der Waals surface area contributed by atoms with Crippen molar-refractivity contribution in [1.29, 1.82) is 0 Å². The Morgan fingerprint density at radius 1 is 1.05 bits per heavy atom. The third kappa shape index (κ3) is 2.85. The number of benzene rings is 1. The van der Waals surface area contributed by atoms with Gasteiger partial charge in [-0.1, -0.05) is 53.7 Å². The van der Waals surface area contributed by atoms with Gasteiger partial charge in [-0.05, 0) is 30.5 Å². The molecular weight excluding hydrogens is 314 g/mol. The molecule has 0 aromatic heterocycles. The number of aliphatic imine (C=N–C) groups is 1. The molecule has 2 N–H and O–H groups in total. The summed E-state index contributed by atoms with van der Waals surface area (Å²) in [6.45, 7) is 0.796. The van der Waals surface area contributed by atoms with Gasteiger partial charge in [0, 0.05) is 10.5 Å². The minimum Gasteiger partial charge on any atom is -0.370 e. The van der Waals surface area contributed by atoms with Crippen LogP contribution in [0.2, 0.25) is 0 Å². The minimum absolute atomic E-state index is 0.325. The number of nitrogens with two attached hydrogens (primary N) is 1. The highest BCUT2D eigenvalue weighted by Gasteiger charge is 2.33. The molecule has 1 unspecified atom stereocenters. The van der Waals surface area contributed by atoms with Gasteiger partial charge in [0.25, 0.3) is 0 Å². The van der Waals surface area contributed by atoms with Gasteiger partial charge >= 0.3 is 0 Å². The van der Waals surface area contributed by atoms with Gasteiger partial charge in [-0.3, -0.25) is 4.99 Å². The van der Waals surface area contributed by atoms with Gasteiger partial charge < -0.3 is 10.6 Å². The van der Waals surface area contributed by atoms with E-state index in [1.165, 1.54) is 44.1 Å². The number of guanidine groups is 1. The summed E-state index contributed by atoms with van der Waals surface area (Å²) in [4.78, 5) is 6.90. The van der Waals surface area contributed by atoms with E-state index in [1.807, 2.05) is 0 Å². The summed E-state index contributed by atoms with van der Waals surface area (Å²) in [6, 6.07) is 9.48. The molecule has 1 fully saturated rings. The predicted molar refractivity (Wildman–Crippen MR) is 86.7 cm³/mol. The highest BCUT2D eigenvalue weighted by atomic mass is 79.9. The molecule has 2 aliphatic rings. The normalized spacial score (nSPS) is 24.6. The van der Waals surface area contributed by atoms with Crippen LogP contribution in [0.3, 0.4) is 0 Å². The smallest absolute Gasteiger partial charge is 0.192 e. The zero-order valence-electron chi connectivity index (χ0n) is 11.8. The Bertz CT molecular complexity index is 475. The Kier molecular flexibility index (Phi) is 4.29. The van der Waals surface area contributed by atoms with E-state index in [-0.39, 0.29) is 0 Å². The molecule has 1 aromatic carbocycles. The van der Waals surface area contributed by atoms with E-state index in [1.54, 1.807) is 0 Å². The lowest BCUT2D eigenvalue weighted by Crippen LogP contribution is -2.43. The fourth-order valence-corrected chi connectivity index (χ4v) is 3.70. The van der Waals surface area contributed by atoms with Crippen LogP contribution in [0.4, 0.5) is 0 Å². The van der Waals surface area contributed by atoms with Crippen LogP contribution in [0, 0.1) is 0 Å². The molecule has 0 amide bonds. The van der Waals surface area contributed by atoms with E-state index in [9.17, 15) is 0 Å². The fraction of sp³-hybridized carbons (Fsp3) is 0.562. The summed E-state index contributed by atoms with van der Waals surface area (Å²) in [5.74, 6) is 0.741. The number of rotatable bonds is 2. The first-order chi connectivity index (χ1) is 9.75. The highest BCUT2D eigenvalue weighted by molar-refractivity contribution is 9.10. The molecule has 3 rings (SSSR count). The van der Waals surface area contributed by atoms with E-state index in [0.717, 1.165) is 17.0 Å². The van der Waals surface area contributed by atoms with Crippen LogP contribution in [-0.2, 0) is 0 Å². The van der Waals surface area contributed by atoms with Crippen molar-refractivity contribution in [2.45, 2.75) is 50.6 Å². The second-order valence-electron chi connectivity index (χ2n) is 5.82. The Morgan fingerprint density at radius 3 is 2.35 bits per heavy atom. The fourth-order valence-electron chi connectivity index (χ4n) is 3.44. The first kappa shape index (κ1) is 13.9. The lowest BCUT2D eigenvalue weighted by molar-refractivity contribution is 0.237. The average Bonchev–Trinajstić information content (AvgIpc) is 2.67. The lowest BCUT2D eigenvalue weighted by atomic mass is 10.0. The van der Waals surface area contributed by atoms with Crippen LogP contribution in [0.15, 0.2) is 33.7 Å². The van der Waals surface area contributed by atoms with Crippen molar-refractivity contribution in [3.05, 3.63) is 34.3 Å². The Balaban J connectivity index is 1.81. The van der Waals surface area contributed by atoms with Crippen molar-refractivity contribution < 1.29 is 0 Å². The van der Waals surface area contributed by atoms with Crippen LogP contribution in [-0.4, -0.2) is 23.4 Å². The van der Waals surface area contributed by atoms with Gasteiger partial charge in [-0.15, -0.1) is 0 Å². The second-order valence-corrected chi connectivity index (χ2v) is 6.73. The number of hydrogen-bond donors (Lipinski definition) is 1. The third-order valence-electron chi connectivity index (χ3n) is 4.50. The van der Waals surface area contributed by atoms with E-state index >= 15 is 0 Å². The van der Waals surface area contributed by atoms with Crippen LogP contribution < -0.4 is 5.73 Å². The van der Waals surface area contributed by atoms with E-state index in [0.29, 0.717) is 12.1 Å². The Hall–Kier alpha value is -1.03. The molecule has 0 saturated heterocycles. The predicted octanol–water partition coefficient (Wildman–Crippen LogP) is 3.84. The van der Waals surface area contributed by atoms with Gasteiger partial charge in [0.15, 0.2) is 5.96 Å². The van der Waals surface area contributed by atoms with Crippen molar-refractivity contribution in [2.24, 2.45) is 10.7 Å². The van der Waals surface area contributed by atoms with Crippen molar-refractivity contribution >= 4 is 21.9 Å². The maximum absolute atomic E-state index is 6.19. The maximum Gasteiger partial charge on any atom is 0.192 e. The standard InChI is InChI=1S/C16H22BrN3/c17-13-9-7-12(8-10-13)15-11-19-16(18)20(15)14-5-3-1-2-4-6-14/h7-10,14-15H,1-6,11H2,(H2,18,19). The molecule has 1 aromatic rings. The molecule has 1 atom stereocenters. The van der Waals surface area contributed by atoms with Gasteiger partial charge in [-0.25, -0.2) is 0 Å². The molecule has 0 radical (unpaired) electrons. The topological polar surface area (TPSA) is 41.6 Å². The first-order valence-electron chi connectivity index (χ1n) is 7.59. The quantitative estimate of drug-likeness (QED) is 0.834. The van der Waals surface area contributed by atoms with Crippen LogP contribution in [0.25, 0.3) is 0 Å². The van der Waals surface area contributed by atoms with Crippen molar-refractivity contribution in [3.8, 4) is 0 Å². The third-order valence-corrected chi connectivity index (χ3v) is 5.03. The van der Waals surface area contributed by atoms with E-state index in [2.05, 4.69) is 50.1 Å². The highest BCUT2D eigenvalue weighted by Crippen LogP contribution is 2.33. The van der Waals surface area contributed by atoms with Gasteiger partial charge in [0.1, 0.15) is 0 Å². The molecule has 4 heteroatoms. The average molecular weight is 336 g/mol. The number of nitrogens with zero attached hydrogens (tertiary/aromatic N) is 2. The first-order valence-corrected chi connectivity index (χ1v) is 8.39. The largest absolute Gasteiger partial charge is 0.370 e. The van der Waals surface area contributed by atoms with Gasteiger partial charge in [0.05, 0.1) is 12.6 Å². The summed E-state index contributed by atoms with van der Waals surface area (Å²) in [6.07, 6.45) is 7.88. The Labute approximate surface area is 129 Å². The summed E-state index contributed by atoms with van der Waals surface area (Å²) in [5.41, 5.74) is 7.51. The van der Waals surface area contributed by atoms with Crippen LogP contribution >= 0.6 is 15.9 Å². The molecule has 0 bridgehead atoms. The minimum atomic E-state index is 0.325. The van der Waals surface area contributed by atoms with Crippen molar-refractivity contribution in [3.63, 3.8) is 0 Å². The molecule has 1 saturated carbocycles. The van der Waals surface area contributed by atoms with Crippen molar-refractivity contribution in [1.82, 2.24) is 4.90 Å². The monoisotopic (exact) mass is 335 g/mol. The molecule has 1 heterocycles. The zero-order chi connectivity index (χ0) is 13.9.